The first-order valence-electron chi connectivity index (χ1n) is 9.30. The summed E-state index contributed by atoms with van der Waals surface area (Å²) in [5, 5.41) is 10.6. The van der Waals surface area contributed by atoms with Crippen molar-refractivity contribution in [2.45, 2.75) is 45.4 Å². The third-order valence-electron chi connectivity index (χ3n) is 5.62. The van der Waals surface area contributed by atoms with Gasteiger partial charge in [-0.1, -0.05) is 51.1 Å². The molecule has 26 heavy (non-hydrogen) atoms. The first-order chi connectivity index (χ1) is 12.3. The summed E-state index contributed by atoms with van der Waals surface area (Å²) in [5.74, 6) is -0.949. The summed E-state index contributed by atoms with van der Waals surface area (Å²) < 4.78 is 0. The van der Waals surface area contributed by atoms with E-state index >= 15 is 0 Å². The molecule has 0 bridgehead atoms. The molecule has 3 heteroatoms. The van der Waals surface area contributed by atoms with E-state index in [4.69, 9.17) is 0 Å². The predicted octanol–water partition coefficient (Wildman–Crippen LogP) is 5.32. The largest absolute Gasteiger partial charge is 0.481 e. The number of carbonyl (C=O) groups is 1. The van der Waals surface area contributed by atoms with Gasteiger partial charge in [-0.2, -0.15) is 0 Å². The van der Waals surface area contributed by atoms with Gasteiger partial charge in [-0.05, 0) is 59.1 Å². The number of H-pyrrole nitrogens is 1. The Labute approximate surface area is 154 Å². The molecule has 0 saturated heterocycles. The summed E-state index contributed by atoms with van der Waals surface area (Å²) in [6.07, 6.45) is 2.16. The van der Waals surface area contributed by atoms with E-state index in [1.165, 1.54) is 33.3 Å². The third kappa shape index (κ3) is 2.92. The van der Waals surface area contributed by atoms with Gasteiger partial charge < -0.3 is 10.1 Å². The number of carboxylic acids is 1. The molecule has 0 fully saturated rings. The van der Waals surface area contributed by atoms with Gasteiger partial charge in [0.1, 0.15) is 0 Å². The van der Waals surface area contributed by atoms with Crippen molar-refractivity contribution >= 4 is 16.9 Å². The van der Waals surface area contributed by atoms with Crippen molar-refractivity contribution in [1.82, 2.24) is 4.98 Å². The lowest BCUT2D eigenvalue weighted by Crippen LogP contribution is -2.21. The van der Waals surface area contributed by atoms with Crippen molar-refractivity contribution < 1.29 is 9.90 Å². The van der Waals surface area contributed by atoms with E-state index in [-0.39, 0.29) is 11.3 Å². The van der Waals surface area contributed by atoms with Crippen molar-refractivity contribution in [2.75, 3.05) is 0 Å². The van der Waals surface area contributed by atoms with Crippen LogP contribution in [0.15, 0.2) is 42.5 Å². The normalized spacial score (nSPS) is 17.3. The SMILES string of the molecule is CC(C)(C)c1ccc(-c2ccc3[nH]c4c(c3c2)CC(C(=O)O)CC4)cc1. The second kappa shape index (κ2) is 6.01. The van der Waals surface area contributed by atoms with Gasteiger partial charge >= 0.3 is 5.97 Å². The third-order valence-corrected chi connectivity index (χ3v) is 5.62. The highest BCUT2D eigenvalue weighted by atomic mass is 16.4. The fraction of sp³-hybridized carbons (Fsp3) is 0.348. The van der Waals surface area contributed by atoms with Crippen LogP contribution in [-0.2, 0) is 23.1 Å². The zero-order chi connectivity index (χ0) is 18.5. The fourth-order valence-electron chi connectivity index (χ4n) is 3.97. The second-order valence-corrected chi connectivity index (χ2v) is 8.45. The van der Waals surface area contributed by atoms with Gasteiger partial charge in [-0.25, -0.2) is 0 Å². The van der Waals surface area contributed by atoms with E-state index in [2.05, 4.69) is 68.2 Å². The molecule has 1 aliphatic carbocycles. The van der Waals surface area contributed by atoms with Gasteiger partial charge in [0.05, 0.1) is 5.92 Å². The van der Waals surface area contributed by atoms with Crippen LogP contribution in [0.5, 0.6) is 0 Å². The first-order valence-corrected chi connectivity index (χ1v) is 9.30. The minimum atomic E-state index is -0.682. The maximum absolute atomic E-state index is 11.4. The first kappa shape index (κ1) is 16.9. The minimum absolute atomic E-state index is 0.147. The van der Waals surface area contributed by atoms with E-state index < -0.39 is 5.97 Å². The maximum atomic E-state index is 11.4. The molecule has 1 atom stereocenters. The van der Waals surface area contributed by atoms with Crippen molar-refractivity contribution in [3.8, 4) is 11.1 Å². The lowest BCUT2D eigenvalue weighted by Gasteiger charge is -2.19. The highest BCUT2D eigenvalue weighted by Gasteiger charge is 2.27. The molecule has 2 N–H and O–H groups in total. The Bertz CT molecular complexity index is 974. The molecule has 2 aromatic carbocycles. The highest BCUT2D eigenvalue weighted by molar-refractivity contribution is 5.90. The number of benzene rings is 2. The Morgan fingerprint density at radius 1 is 1.08 bits per heavy atom. The fourth-order valence-corrected chi connectivity index (χ4v) is 3.97. The van der Waals surface area contributed by atoms with Crippen LogP contribution in [-0.4, -0.2) is 16.1 Å². The van der Waals surface area contributed by atoms with Crippen LogP contribution in [0.1, 0.15) is 44.0 Å². The number of aromatic nitrogens is 1. The summed E-state index contributed by atoms with van der Waals surface area (Å²) in [4.78, 5) is 14.9. The quantitative estimate of drug-likeness (QED) is 0.659. The van der Waals surface area contributed by atoms with E-state index in [0.717, 1.165) is 18.4 Å². The summed E-state index contributed by atoms with van der Waals surface area (Å²) in [6.45, 7) is 6.66. The van der Waals surface area contributed by atoms with Crippen LogP contribution in [0.4, 0.5) is 0 Å². The summed E-state index contributed by atoms with van der Waals surface area (Å²) in [6, 6.07) is 15.2. The average molecular weight is 347 g/mol. The smallest absolute Gasteiger partial charge is 0.306 e. The van der Waals surface area contributed by atoms with Crippen LogP contribution in [0, 0.1) is 5.92 Å². The number of rotatable bonds is 2. The Balaban J connectivity index is 1.74. The zero-order valence-electron chi connectivity index (χ0n) is 15.6. The topological polar surface area (TPSA) is 53.1 Å². The Morgan fingerprint density at radius 3 is 2.42 bits per heavy atom. The molecule has 3 aromatic rings. The summed E-state index contributed by atoms with van der Waals surface area (Å²) >= 11 is 0. The van der Waals surface area contributed by atoms with Crippen molar-refractivity contribution in [3.05, 3.63) is 59.3 Å². The highest BCUT2D eigenvalue weighted by Crippen LogP contribution is 2.35. The number of carboxylic acid groups (broad SMARTS) is 1. The predicted molar refractivity (Wildman–Crippen MR) is 106 cm³/mol. The molecule has 1 aromatic heterocycles. The zero-order valence-corrected chi connectivity index (χ0v) is 15.6. The van der Waals surface area contributed by atoms with Crippen molar-refractivity contribution in [2.24, 2.45) is 5.92 Å². The van der Waals surface area contributed by atoms with Crippen LogP contribution in [0.3, 0.4) is 0 Å². The van der Waals surface area contributed by atoms with Crippen LogP contribution in [0.25, 0.3) is 22.0 Å². The van der Waals surface area contributed by atoms with Gasteiger partial charge in [0.15, 0.2) is 0 Å². The molecular formula is C23H25NO2. The number of aliphatic carboxylic acids is 1. The molecule has 0 saturated carbocycles. The monoisotopic (exact) mass is 347 g/mol. The number of aryl methyl sites for hydroxylation is 1. The molecular weight excluding hydrogens is 322 g/mol. The summed E-state index contributed by atoms with van der Waals surface area (Å²) in [7, 11) is 0. The number of nitrogens with one attached hydrogen (secondary N) is 1. The number of fused-ring (bicyclic) bond motifs is 3. The molecule has 1 aliphatic rings. The average Bonchev–Trinajstić information content (AvgIpc) is 2.98. The van der Waals surface area contributed by atoms with Crippen LogP contribution >= 0.6 is 0 Å². The van der Waals surface area contributed by atoms with E-state index in [0.29, 0.717) is 6.42 Å². The number of hydrogen-bond donors (Lipinski definition) is 2. The molecule has 4 rings (SSSR count). The van der Waals surface area contributed by atoms with Crippen LogP contribution < -0.4 is 0 Å². The lowest BCUT2D eigenvalue weighted by molar-refractivity contribution is -0.142. The van der Waals surface area contributed by atoms with Crippen molar-refractivity contribution in [1.29, 1.82) is 0 Å². The molecule has 0 spiro atoms. The maximum Gasteiger partial charge on any atom is 0.306 e. The number of hydrogen-bond acceptors (Lipinski definition) is 1. The second-order valence-electron chi connectivity index (χ2n) is 8.45. The Morgan fingerprint density at radius 2 is 1.77 bits per heavy atom. The lowest BCUT2D eigenvalue weighted by atomic mass is 9.85. The van der Waals surface area contributed by atoms with Gasteiger partial charge in [0.2, 0.25) is 0 Å². The molecule has 1 heterocycles. The van der Waals surface area contributed by atoms with E-state index in [1.54, 1.807) is 0 Å². The molecule has 3 nitrogen and oxygen atoms in total. The van der Waals surface area contributed by atoms with Gasteiger partial charge in [0.25, 0.3) is 0 Å². The van der Waals surface area contributed by atoms with Crippen LogP contribution in [0.2, 0.25) is 0 Å². The van der Waals surface area contributed by atoms with Gasteiger partial charge in [0, 0.05) is 16.6 Å². The standard InChI is InChI=1S/C23H25NO2/c1-23(2,3)17-8-4-14(5-9-17)15-6-10-20-18(12-15)19-13-16(22(25)26)7-11-21(19)24-20/h4-6,8-10,12,16,24H,7,11,13H2,1-3H3,(H,25,26). The number of aromatic amines is 1. The Hall–Kier alpha value is -2.55. The van der Waals surface area contributed by atoms with E-state index in [1.807, 2.05) is 0 Å². The molecule has 0 amide bonds. The molecule has 134 valence electrons. The van der Waals surface area contributed by atoms with E-state index in [9.17, 15) is 9.90 Å². The summed E-state index contributed by atoms with van der Waals surface area (Å²) in [5.41, 5.74) is 7.34. The molecule has 0 aliphatic heterocycles. The van der Waals surface area contributed by atoms with Gasteiger partial charge in [-0.3, -0.25) is 4.79 Å². The minimum Gasteiger partial charge on any atom is -0.481 e. The molecule has 1 unspecified atom stereocenters. The van der Waals surface area contributed by atoms with Gasteiger partial charge in [-0.15, -0.1) is 0 Å². The Kier molecular flexibility index (Phi) is 3.91. The van der Waals surface area contributed by atoms with Crippen molar-refractivity contribution in [3.63, 3.8) is 0 Å². The molecule has 0 radical (unpaired) electrons.